The number of hydrogen-bond donors (Lipinski definition) is 2. The van der Waals surface area contributed by atoms with Crippen LogP contribution in [0.1, 0.15) is 35.8 Å². The van der Waals surface area contributed by atoms with E-state index in [-0.39, 0.29) is 23.7 Å². The minimum atomic E-state index is -0.562. The third-order valence-corrected chi connectivity index (χ3v) is 5.37. The van der Waals surface area contributed by atoms with Gasteiger partial charge in [0.25, 0.3) is 17.4 Å². The first-order chi connectivity index (χ1) is 15.1. The van der Waals surface area contributed by atoms with Crippen molar-refractivity contribution in [1.29, 1.82) is 0 Å². The molecular weight excluding hydrogens is 394 g/mol. The summed E-state index contributed by atoms with van der Waals surface area (Å²) in [7, 11) is 0. The fraction of sp³-hybridized carbons (Fsp3) is 0.304. The van der Waals surface area contributed by atoms with E-state index in [1.807, 2.05) is 30.0 Å². The Labute approximate surface area is 179 Å². The largest absolute Gasteiger partial charge is 0.362 e. The van der Waals surface area contributed by atoms with Crippen molar-refractivity contribution in [1.82, 2.24) is 20.6 Å². The molecule has 1 aliphatic rings. The van der Waals surface area contributed by atoms with Gasteiger partial charge in [-0.1, -0.05) is 43.3 Å². The normalized spacial score (nSPS) is 13.0. The zero-order valence-corrected chi connectivity index (χ0v) is 17.4. The molecular formula is C23H25N5O3. The summed E-state index contributed by atoms with van der Waals surface area (Å²) in [5.41, 5.74) is 7.07. The van der Waals surface area contributed by atoms with Crippen LogP contribution < -0.4 is 21.3 Å². The molecule has 1 aliphatic heterocycles. The number of hydrazine groups is 1. The Hall–Kier alpha value is -3.68. The van der Waals surface area contributed by atoms with Crippen LogP contribution in [0.25, 0.3) is 10.8 Å². The third kappa shape index (κ3) is 4.28. The van der Waals surface area contributed by atoms with Gasteiger partial charge >= 0.3 is 0 Å². The average Bonchev–Trinajstić information content (AvgIpc) is 2.80. The molecule has 0 bridgehead atoms. The van der Waals surface area contributed by atoms with E-state index in [0.717, 1.165) is 25.1 Å². The van der Waals surface area contributed by atoms with Crippen LogP contribution in [-0.4, -0.2) is 34.7 Å². The van der Waals surface area contributed by atoms with Gasteiger partial charge in [0.1, 0.15) is 0 Å². The monoisotopic (exact) mass is 419 g/mol. The number of hydrogen-bond acceptors (Lipinski definition) is 5. The number of para-hydroxylation sites is 1. The van der Waals surface area contributed by atoms with Crippen LogP contribution in [0.5, 0.6) is 0 Å². The molecule has 0 saturated heterocycles. The maximum Gasteiger partial charge on any atom is 0.290 e. The van der Waals surface area contributed by atoms with Gasteiger partial charge in [0.15, 0.2) is 5.69 Å². The Bertz CT molecular complexity index is 1190. The van der Waals surface area contributed by atoms with E-state index < -0.39 is 5.91 Å². The van der Waals surface area contributed by atoms with Crippen LogP contribution in [0.4, 0.5) is 5.69 Å². The van der Waals surface area contributed by atoms with Crippen LogP contribution in [-0.2, 0) is 17.8 Å². The van der Waals surface area contributed by atoms with Crippen LogP contribution in [0, 0.1) is 0 Å². The maximum absolute atomic E-state index is 12.8. The minimum absolute atomic E-state index is 0.104. The number of fused-ring (bicyclic) bond motifs is 2. The van der Waals surface area contributed by atoms with Gasteiger partial charge in [-0.15, -0.1) is 0 Å². The molecule has 8 heteroatoms. The van der Waals surface area contributed by atoms with E-state index in [1.165, 1.54) is 10.2 Å². The van der Waals surface area contributed by atoms with Gasteiger partial charge in [0.2, 0.25) is 0 Å². The van der Waals surface area contributed by atoms with Crippen LogP contribution in [0.15, 0.2) is 53.3 Å². The SMILES string of the molecule is CCCn1nc(C(=O)NNC(=O)CN2CCCc3ccccc32)c2ccccc2c1=O. The number of aromatic nitrogens is 2. The highest BCUT2D eigenvalue weighted by molar-refractivity contribution is 6.05. The molecule has 2 heterocycles. The van der Waals surface area contributed by atoms with Gasteiger partial charge in [-0.2, -0.15) is 5.10 Å². The summed E-state index contributed by atoms with van der Waals surface area (Å²) in [6.07, 6.45) is 2.68. The molecule has 0 spiro atoms. The molecule has 0 unspecified atom stereocenters. The molecule has 0 fully saturated rings. The van der Waals surface area contributed by atoms with Crippen LogP contribution in [0.3, 0.4) is 0 Å². The van der Waals surface area contributed by atoms with E-state index in [0.29, 0.717) is 23.7 Å². The van der Waals surface area contributed by atoms with Crippen molar-refractivity contribution in [3.8, 4) is 0 Å². The van der Waals surface area contributed by atoms with Gasteiger partial charge in [0, 0.05) is 24.2 Å². The number of aryl methyl sites for hydroxylation is 2. The van der Waals surface area contributed by atoms with Crippen molar-refractivity contribution in [3.63, 3.8) is 0 Å². The molecule has 160 valence electrons. The topological polar surface area (TPSA) is 96.3 Å². The molecule has 0 saturated carbocycles. The lowest BCUT2D eigenvalue weighted by Crippen LogP contribution is -2.47. The van der Waals surface area contributed by atoms with Crippen molar-refractivity contribution in [2.45, 2.75) is 32.7 Å². The quantitative estimate of drug-likeness (QED) is 0.617. The number of carbonyl (C=O) groups excluding carboxylic acids is 2. The second kappa shape index (κ2) is 8.99. The molecule has 0 atom stereocenters. The minimum Gasteiger partial charge on any atom is -0.362 e. The van der Waals surface area contributed by atoms with Crippen molar-refractivity contribution in [2.75, 3.05) is 18.0 Å². The highest BCUT2D eigenvalue weighted by atomic mass is 16.2. The fourth-order valence-electron chi connectivity index (χ4n) is 3.94. The lowest BCUT2D eigenvalue weighted by Gasteiger charge is -2.30. The fourth-order valence-corrected chi connectivity index (χ4v) is 3.94. The highest BCUT2D eigenvalue weighted by Crippen LogP contribution is 2.26. The standard InChI is InChI=1S/C23H25N5O3/c1-2-13-28-23(31)18-11-5-4-10-17(18)21(26-28)22(30)25-24-20(29)15-27-14-7-9-16-8-3-6-12-19(16)27/h3-6,8,10-12H,2,7,9,13-15H2,1H3,(H,24,29)(H,25,30). The number of benzene rings is 2. The molecule has 2 aromatic carbocycles. The van der Waals surface area contributed by atoms with Gasteiger partial charge in [0.05, 0.1) is 11.9 Å². The second-order valence-electron chi connectivity index (χ2n) is 7.58. The number of nitrogens with zero attached hydrogens (tertiary/aromatic N) is 3. The van der Waals surface area contributed by atoms with E-state index in [2.05, 4.69) is 22.0 Å². The van der Waals surface area contributed by atoms with Gasteiger partial charge in [-0.25, -0.2) is 4.68 Å². The summed E-state index contributed by atoms with van der Waals surface area (Å²) in [4.78, 5) is 39.9. The van der Waals surface area contributed by atoms with Crippen LogP contribution in [0.2, 0.25) is 0 Å². The summed E-state index contributed by atoms with van der Waals surface area (Å²) in [5, 5.41) is 5.12. The number of carbonyl (C=O) groups is 2. The molecule has 31 heavy (non-hydrogen) atoms. The molecule has 4 rings (SSSR count). The summed E-state index contributed by atoms with van der Waals surface area (Å²) in [5.74, 6) is -0.885. The van der Waals surface area contributed by atoms with E-state index in [4.69, 9.17) is 0 Å². The predicted molar refractivity (Wildman–Crippen MR) is 119 cm³/mol. The summed E-state index contributed by atoms with van der Waals surface area (Å²) in [6, 6.07) is 14.9. The van der Waals surface area contributed by atoms with Crippen molar-refractivity contribution in [2.24, 2.45) is 0 Å². The Balaban J connectivity index is 1.48. The maximum atomic E-state index is 12.8. The lowest BCUT2D eigenvalue weighted by atomic mass is 10.0. The molecule has 1 aromatic heterocycles. The first-order valence-corrected chi connectivity index (χ1v) is 10.5. The lowest BCUT2D eigenvalue weighted by molar-refractivity contribution is -0.120. The summed E-state index contributed by atoms with van der Waals surface area (Å²) >= 11 is 0. The Morgan fingerprint density at radius 2 is 1.77 bits per heavy atom. The van der Waals surface area contributed by atoms with E-state index >= 15 is 0 Å². The molecule has 2 amide bonds. The van der Waals surface area contributed by atoms with Crippen molar-refractivity contribution < 1.29 is 9.59 Å². The number of rotatable bonds is 5. The van der Waals surface area contributed by atoms with Gasteiger partial charge < -0.3 is 4.90 Å². The molecule has 0 aliphatic carbocycles. The zero-order chi connectivity index (χ0) is 21.8. The second-order valence-corrected chi connectivity index (χ2v) is 7.58. The predicted octanol–water partition coefficient (Wildman–Crippen LogP) is 2.02. The molecule has 0 radical (unpaired) electrons. The van der Waals surface area contributed by atoms with Crippen LogP contribution >= 0.6 is 0 Å². The van der Waals surface area contributed by atoms with Gasteiger partial charge in [-0.05, 0) is 37.0 Å². The Morgan fingerprint density at radius 1 is 1.03 bits per heavy atom. The smallest absolute Gasteiger partial charge is 0.290 e. The summed E-state index contributed by atoms with van der Waals surface area (Å²) in [6.45, 7) is 3.26. The Kier molecular flexibility index (Phi) is 5.97. The first kappa shape index (κ1) is 20.6. The number of nitrogens with one attached hydrogen (secondary N) is 2. The number of amides is 2. The third-order valence-electron chi connectivity index (χ3n) is 5.37. The molecule has 2 N–H and O–H groups in total. The average molecular weight is 419 g/mol. The van der Waals surface area contributed by atoms with Crippen molar-refractivity contribution >= 4 is 28.3 Å². The van der Waals surface area contributed by atoms with E-state index in [1.54, 1.807) is 24.3 Å². The first-order valence-electron chi connectivity index (χ1n) is 10.5. The molecule has 3 aromatic rings. The number of anilines is 1. The van der Waals surface area contributed by atoms with Crippen molar-refractivity contribution in [3.05, 3.63) is 70.1 Å². The Morgan fingerprint density at radius 3 is 2.58 bits per heavy atom. The zero-order valence-electron chi connectivity index (χ0n) is 17.4. The van der Waals surface area contributed by atoms with E-state index in [9.17, 15) is 14.4 Å². The van der Waals surface area contributed by atoms with Gasteiger partial charge in [-0.3, -0.25) is 25.2 Å². The summed E-state index contributed by atoms with van der Waals surface area (Å²) < 4.78 is 1.30. The molecule has 8 nitrogen and oxygen atoms in total. The highest BCUT2D eigenvalue weighted by Gasteiger charge is 2.20.